The molecule has 0 aliphatic heterocycles. The van der Waals surface area contributed by atoms with Crippen LogP contribution in [0.15, 0.2) is 83.2 Å². The summed E-state index contributed by atoms with van der Waals surface area (Å²) >= 11 is 8.18. The van der Waals surface area contributed by atoms with Crippen LogP contribution in [0.4, 0.5) is 11.4 Å². The third kappa shape index (κ3) is 11.6. The van der Waals surface area contributed by atoms with E-state index in [-0.39, 0.29) is 38.7 Å². The summed E-state index contributed by atoms with van der Waals surface area (Å²) in [5, 5.41) is 3.53. The maximum absolute atomic E-state index is 11.4. The largest absolute Gasteiger partial charge is 0.367 e. The Bertz CT molecular complexity index is 1690. The van der Waals surface area contributed by atoms with Crippen molar-refractivity contribution in [2.24, 2.45) is 4.99 Å². The van der Waals surface area contributed by atoms with E-state index >= 15 is 0 Å². The number of thiazole rings is 1. The monoisotopic (exact) mass is 683 g/mol. The molecule has 0 saturated heterocycles. The summed E-state index contributed by atoms with van der Waals surface area (Å²) < 4.78 is 55.1. The lowest BCUT2D eigenvalue weighted by molar-refractivity contribution is 0.309. The predicted molar refractivity (Wildman–Crippen MR) is 177 cm³/mol. The summed E-state index contributed by atoms with van der Waals surface area (Å²) in [4.78, 5) is 11.1. The first kappa shape index (κ1) is 34.6. The zero-order chi connectivity index (χ0) is 30.2. The molecule has 230 valence electrons. The van der Waals surface area contributed by atoms with Gasteiger partial charge in [-0.25, -0.2) is 4.98 Å². The zero-order valence-electron chi connectivity index (χ0n) is 23.4. The maximum Gasteiger partial charge on any atom is 0.264 e. The van der Waals surface area contributed by atoms with Gasteiger partial charge in [-0.15, -0.1) is 23.7 Å². The Balaban J connectivity index is 0.00000506. The van der Waals surface area contributed by atoms with Crippen LogP contribution in [0.3, 0.4) is 0 Å². The van der Waals surface area contributed by atoms with Crippen LogP contribution in [0, 0.1) is 0 Å². The normalized spacial score (nSPS) is 11.9. The van der Waals surface area contributed by atoms with E-state index in [2.05, 4.69) is 22.5 Å². The molecule has 0 radical (unpaired) electrons. The number of hydrogen-bond donors (Lipinski definition) is 0. The number of nitrogens with zero attached hydrogens (tertiary/aromatic N) is 3. The maximum atomic E-state index is 11.4. The second kappa shape index (κ2) is 15.8. The number of aromatic nitrogens is 1. The minimum absolute atomic E-state index is 0. The molecular formula is C29H31Cl2N3O6S3. The van der Waals surface area contributed by atoms with Gasteiger partial charge in [0, 0.05) is 47.9 Å². The lowest BCUT2D eigenvalue weighted by atomic mass is 10.1. The van der Waals surface area contributed by atoms with Crippen LogP contribution in [0.1, 0.15) is 16.1 Å². The Morgan fingerprint density at radius 1 is 0.907 bits per heavy atom. The fourth-order valence-electron chi connectivity index (χ4n) is 3.94. The quantitative estimate of drug-likeness (QED) is 0.118. The van der Waals surface area contributed by atoms with Crippen molar-refractivity contribution in [3.8, 4) is 11.3 Å². The average molecular weight is 685 g/mol. The standard InChI is InChI=1S/C29H30ClN3O6S3.ClH/c1-41(34,35)38-16-14-33(15-17-39-42(2,36)37)26-13-10-24(27(30)19-26)20-31-25-11-8-23(9-12-25)28-21-40-29(32-28)18-22-6-4-3-5-7-22;/h3-13,19-21H,14-18H2,1-2H3;1H. The molecule has 0 spiro atoms. The van der Waals surface area contributed by atoms with Gasteiger partial charge in [-0.1, -0.05) is 54.1 Å². The highest BCUT2D eigenvalue weighted by Gasteiger charge is 2.13. The Labute approximate surface area is 267 Å². The number of anilines is 1. The van der Waals surface area contributed by atoms with Crippen molar-refractivity contribution in [3.63, 3.8) is 0 Å². The van der Waals surface area contributed by atoms with E-state index in [4.69, 9.17) is 25.0 Å². The highest BCUT2D eigenvalue weighted by molar-refractivity contribution is 7.86. The van der Waals surface area contributed by atoms with E-state index in [1.807, 2.05) is 42.5 Å². The average Bonchev–Trinajstić information content (AvgIpc) is 3.39. The third-order valence-electron chi connectivity index (χ3n) is 5.93. The van der Waals surface area contributed by atoms with Crippen molar-refractivity contribution in [3.05, 3.63) is 99.3 Å². The minimum atomic E-state index is -3.62. The third-order valence-corrected chi connectivity index (χ3v) is 8.30. The number of halogens is 2. The Hall–Kier alpha value is -2.84. The molecule has 0 aliphatic carbocycles. The Morgan fingerprint density at radius 2 is 1.53 bits per heavy atom. The van der Waals surface area contributed by atoms with E-state index in [1.54, 1.807) is 40.7 Å². The second-order valence-corrected chi connectivity index (χ2v) is 14.0. The molecule has 9 nitrogen and oxygen atoms in total. The number of rotatable bonds is 14. The first-order valence-corrected chi connectivity index (χ1v) is 17.7. The molecule has 0 bridgehead atoms. The summed E-state index contributed by atoms with van der Waals surface area (Å²) in [6, 6.07) is 23.3. The van der Waals surface area contributed by atoms with Crippen LogP contribution in [0.2, 0.25) is 5.02 Å². The van der Waals surface area contributed by atoms with Gasteiger partial charge in [0.25, 0.3) is 20.2 Å². The van der Waals surface area contributed by atoms with Gasteiger partial charge in [0.15, 0.2) is 0 Å². The summed E-state index contributed by atoms with van der Waals surface area (Å²) in [6.07, 6.45) is 4.38. The van der Waals surface area contributed by atoms with Gasteiger partial charge in [-0.3, -0.25) is 13.4 Å². The fraction of sp³-hybridized carbons (Fsp3) is 0.241. The number of hydrogen-bond acceptors (Lipinski definition) is 10. The molecule has 3 aromatic carbocycles. The fourth-order valence-corrected chi connectivity index (χ4v) is 5.76. The molecule has 0 aliphatic rings. The van der Waals surface area contributed by atoms with Gasteiger partial charge in [-0.2, -0.15) is 16.8 Å². The highest BCUT2D eigenvalue weighted by atomic mass is 35.5. The molecule has 43 heavy (non-hydrogen) atoms. The summed E-state index contributed by atoms with van der Waals surface area (Å²) in [5.74, 6) is 0. The smallest absolute Gasteiger partial charge is 0.264 e. The van der Waals surface area contributed by atoms with Crippen LogP contribution in [-0.4, -0.2) is 66.8 Å². The van der Waals surface area contributed by atoms with Crippen LogP contribution >= 0.6 is 35.3 Å². The van der Waals surface area contributed by atoms with Crippen molar-refractivity contribution in [1.29, 1.82) is 0 Å². The molecule has 1 heterocycles. The van der Waals surface area contributed by atoms with Gasteiger partial charge < -0.3 is 4.90 Å². The molecule has 4 aromatic rings. The predicted octanol–water partition coefficient (Wildman–Crippen LogP) is 5.99. The summed E-state index contributed by atoms with van der Waals surface area (Å²) in [7, 11) is -7.25. The molecule has 0 unspecified atom stereocenters. The molecule has 0 atom stereocenters. The molecule has 1 aromatic heterocycles. The van der Waals surface area contributed by atoms with Crippen LogP contribution in [0.5, 0.6) is 0 Å². The molecule has 0 amide bonds. The first-order valence-electron chi connectivity index (χ1n) is 12.8. The van der Waals surface area contributed by atoms with Gasteiger partial charge in [0.05, 0.1) is 47.1 Å². The van der Waals surface area contributed by atoms with E-state index in [0.717, 1.165) is 40.9 Å². The van der Waals surface area contributed by atoms with Crippen molar-refractivity contribution in [1.82, 2.24) is 4.98 Å². The molecule has 0 fully saturated rings. The van der Waals surface area contributed by atoms with Gasteiger partial charge in [0.2, 0.25) is 0 Å². The molecular weight excluding hydrogens is 653 g/mol. The van der Waals surface area contributed by atoms with Crippen LogP contribution in [-0.2, 0) is 35.0 Å². The zero-order valence-corrected chi connectivity index (χ0v) is 27.4. The van der Waals surface area contributed by atoms with Gasteiger partial charge in [0.1, 0.15) is 0 Å². The van der Waals surface area contributed by atoms with Crippen LogP contribution in [0.25, 0.3) is 11.3 Å². The summed E-state index contributed by atoms with van der Waals surface area (Å²) in [6.45, 7) is 0.0969. The Morgan fingerprint density at radius 3 is 2.12 bits per heavy atom. The lowest BCUT2D eigenvalue weighted by Gasteiger charge is -2.24. The van der Waals surface area contributed by atoms with Crippen molar-refractivity contribution >= 4 is 73.2 Å². The number of benzene rings is 3. The van der Waals surface area contributed by atoms with Crippen LogP contribution < -0.4 is 4.90 Å². The SMILES string of the molecule is CS(=O)(=O)OCCN(CCOS(C)(=O)=O)c1ccc(C=Nc2ccc(-c3csc(Cc4ccccc4)n3)cc2)c(Cl)c1.Cl. The first-order chi connectivity index (χ1) is 19.9. The van der Waals surface area contributed by atoms with Crippen molar-refractivity contribution < 1.29 is 25.2 Å². The summed E-state index contributed by atoms with van der Waals surface area (Å²) in [5.41, 5.74) is 5.22. The molecule has 0 saturated carbocycles. The molecule has 14 heteroatoms. The second-order valence-electron chi connectivity index (χ2n) is 9.34. The van der Waals surface area contributed by atoms with E-state index in [9.17, 15) is 16.8 Å². The topological polar surface area (TPSA) is 115 Å². The van der Waals surface area contributed by atoms with Crippen molar-refractivity contribution in [2.75, 3.05) is 43.7 Å². The Kier molecular flexibility index (Phi) is 12.7. The van der Waals surface area contributed by atoms with Crippen molar-refractivity contribution in [2.45, 2.75) is 6.42 Å². The van der Waals surface area contributed by atoms with E-state index in [0.29, 0.717) is 16.3 Å². The highest BCUT2D eigenvalue weighted by Crippen LogP contribution is 2.27. The minimum Gasteiger partial charge on any atom is -0.367 e. The van der Waals surface area contributed by atoms with Gasteiger partial charge >= 0.3 is 0 Å². The van der Waals surface area contributed by atoms with E-state index < -0.39 is 20.2 Å². The molecule has 4 rings (SSSR count). The van der Waals surface area contributed by atoms with Gasteiger partial charge in [-0.05, 0) is 35.9 Å². The lowest BCUT2D eigenvalue weighted by Crippen LogP contribution is -2.32. The van der Waals surface area contributed by atoms with E-state index in [1.165, 1.54) is 5.56 Å². The molecule has 0 N–H and O–H groups in total. The number of aliphatic imine (C=N–C) groups is 1.